The Kier molecular flexibility index (Phi) is 5.43. The number of carbonyl (C=O) groups is 1. The molecule has 0 bridgehead atoms. The lowest BCUT2D eigenvalue weighted by atomic mass is 10.2. The lowest BCUT2D eigenvalue weighted by Gasteiger charge is -2.18. The van der Waals surface area contributed by atoms with Gasteiger partial charge in [-0.15, -0.1) is 11.3 Å². The number of hydrogen-bond acceptors (Lipinski definition) is 4. The van der Waals surface area contributed by atoms with Crippen molar-refractivity contribution < 1.29 is 14.3 Å². The Bertz CT molecular complexity index is 725. The summed E-state index contributed by atoms with van der Waals surface area (Å²) in [6.45, 7) is 1.25. The normalized spacial score (nSPS) is 17.0. The van der Waals surface area contributed by atoms with Gasteiger partial charge in [0.15, 0.2) is 0 Å². The van der Waals surface area contributed by atoms with E-state index in [0.29, 0.717) is 11.6 Å². The molecule has 0 aliphatic carbocycles. The fraction of sp³-hybridized carbons (Fsp3) is 0.389. The number of benzene rings is 1. The summed E-state index contributed by atoms with van der Waals surface area (Å²) in [5.74, 6) is 0.719. The van der Waals surface area contributed by atoms with Gasteiger partial charge in [-0.25, -0.2) is 0 Å². The smallest absolute Gasteiger partial charge is 0.263 e. The third-order valence-electron chi connectivity index (χ3n) is 4.08. The van der Waals surface area contributed by atoms with Gasteiger partial charge < -0.3 is 14.4 Å². The molecule has 0 unspecified atom stereocenters. The van der Waals surface area contributed by atoms with Gasteiger partial charge >= 0.3 is 0 Å². The zero-order chi connectivity index (χ0) is 17.1. The quantitative estimate of drug-likeness (QED) is 0.781. The number of methoxy groups -OCH3 is 1. The summed E-state index contributed by atoms with van der Waals surface area (Å²) in [7, 11) is 3.40. The minimum atomic E-state index is -0.00808. The van der Waals surface area contributed by atoms with Crippen LogP contribution in [-0.2, 0) is 11.3 Å². The summed E-state index contributed by atoms with van der Waals surface area (Å²) in [6.07, 6.45) is 2.26. The highest BCUT2D eigenvalue weighted by atomic mass is 35.5. The maximum absolute atomic E-state index is 12.7. The molecule has 1 aliphatic heterocycles. The predicted octanol–water partition coefficient (Wildman–Crippen LogP) is 4.53. The first-order valence-electron chi connectivity index (χ1n) is 7.87. The third kappa shape index (κ3) is 3.74. The van der Waals surface area contributed by atoms with Gasteiger partial charge in [0.05, 0.1) is 18.1 Å². The number of nitrogens with zero attached hydrogens (tertiary/aromatic N) is 1. The highest BCUT2D eigenvalue weighted by Gasteiger charge is 2.22. The lowest BCUT2D eigenvalue weighted by Crippen LogP contribution is -2.25. The van der Waals surface area contributed by atoms with Gasteiger partial charge in [-0.1, -0.05) is 11.6 Å². The molecule has 0 spiro atoms. The van der Waals surface area contributed by atoms with E-state index in [2.05, 4.69) is 0 Å². The van der Waals surface area contributed by atoms with Crippen LogP contribution >= 0.6 is 22.9 Å². The van der Waals surface area contributed by atoms with Gasteiger partial charge in [-0.2, -0.15) is 0 Å². The second kappa shape index (κ2) is 7.55. The highest BCUT2D eigenvalue weighted by Crippen LogP contribution is 2.34. The zero-order valence-electron chi connectivity index (χ0n) is 13.8. The van der Waals surface area contributed by atoms with Crippen LogP contribution in [0.1, 0.15) is 39.1 Å². The van der Waals surface area contributed by atoms with Crippen LogP contribution in [0.4, 0.5) is 0 Å². The van der Waals surface area contributed by atoms with Gasteiger partial charge in [-0.05, 0) is 43.2 Å². The Morgan fingerprint density at radius 2 is 2.25 bits per heavy atom. The molecular formula is C18H20ClNO3S. The van der Waals surface area contributed by atoms with Crippen LogP contribution in [0, 0.1) is 0 Å². The van der Waals surface area contributed by atoms with Gasteiger partial charge in [0.1, 0.15) is 5.75 Å². The Labute approximate surface area is 150 Å². The van der Waals surface area contributed by atoms with Crippen molar-refractivity contribution in [1.29, 1.82) is 0 Å². The van der Waals surface area contributed by atoms with Crippen molar-refractivity contribution in [2.45, 2.75) is 25.5 Å². The maximum atomic E-state index is 12.7. The number of thiophene rings is 1. The van der Waals surface area contributed by atoms with E-state index in [1.165, 1.54) is 11.3 Å². The van der Waals surface area contributed by atoms with E-state index in [-0.39, 0.29) is 12.0 Å². The number of carbonyl (C=O) groups excluding carboxylic acids is 1. The van der Waals surface area contributed by atoms with E-state index < -0.39 is 0 Å². The van der Waals surface area contributed by atoms with Gasteiger partial charge in [0.2, 0.25) is 0 Å². The fourth-order valence-electron chi connectivity index (χ4n) is 2.83. The Balaban J connectivity index is 1.72. The first-order chi connectivity index (χ1) is 11.6. The van der Waals surface area contributed by atoms with Crippen molar-refractivity contribution >= 4 is 28.8 Å². The third-order valence-corrected chi connectivity index (χ3v) is 5.48. The first-order valence-corrected chi connectivity index (χ1v) is 9.07. The van der Waals surface area contributed by atoms with Gasteiger partial charge in [0, 0.05) is 35.7 Å². The van der Waals surface area contributed by atoms with E-state index in [1.54, 1.807) is 25.1 Å². The molecule has 1 saturated heterocycles. The highest BCUT2D eigenvalue weighted by molar-refractivity contribution is 7.14. The van der Waals surface area contributed by atoms with Gasteiger partial charge in [-0.3, -0.25) is 4.79 Å². The molecule has 0 N–H and O–H groups in total. The summed E-state index contributed by atoms with van der Waals surface area (Å²) in [4.78, 5) is 16.2. The molecule has 2 heterocycles. The van der Waals surface area contributed by atoms with Crippen LogP contribution in [0.5, 0.6) is 5.75 Å². The van der Waals surface area contributed by atoms with E-state index in [4.69, 9.17) is 21.1 Å². The summed E-state index contributed by atoms with van der Waals surface area (Å²) >= 11 is 7.58. The molecule has 0 saturated carbocycles. The lowest BCUT2D eigenvalue weighted by molar-refractivity contribution is 0.0789. The van der Waals surface area contributed by atoms with Crippen molar-refractivity contribution in [3.05, 3.63) is 50.7 Å². The summed E-state index contributed by atoms with van der Waals surface area (Å²) in [5, 5.41) is 0.628. The molecule has 1 aromatic carbocycles. The van der Waals surface area contributed by atoms with Crippen molar-refractivity contribution in [3.63, 3.8) is 0 Å². The minimum absolute atomic E-state index is 0.00808. The number of halogens is 1. The average molecular weight is 366 g/mol. The van der Waals surface area contributed by atoms with Crippen LogP contribution < -0.4 is 4.74 Å². The topological polar surface area (TPSA) is 38.8 Å². The standard InChI is InChI=1S/C18H20ClNO3S/c1-20(11-12-10-13(19)5-6-14(12)22-2)18(21)17-8-7-16(24-17)15-4-3-9-23-15/h5-8,10,15H,3-4,9,11H2,1-2H3/t15-/m1/s1. The average Bonchev–Trinajstić information content (AvgIpc) is 3.25. The van der Waals surface area contributed by atoms with E-state index in [9.17, 15) is 4.79 Å². The first kappa shape index (κ1) is 17.3. The van der Waals surface area contributed by atoms with Gasteiger partial charge in [0.25, 0.3) is 5.91 Å². The molecule has 3 rings (SSSR count). The Hall–Kier alpha value is -1.56. The second-order valence-electron chi connectivity index (χ2n) is 5.82. The summed E-state index contributed by atoms with van der Waals surface area (Å²) in [6, 6.07) is 9.31. The van der Waals surface area contributed by atoms with Crippen molar-refractivity contribution in [1.82, 2.24) is 4.90 Å². The van der Waals surface area contributed by atoms with Crippen LogP contribution in [-0.4, -0.2) is 31.6 Å². The molecule has 2 aromatic rings. The molecular weight excluding hydrogens is 346 g/mol. The van der Waals surface area contributed by atoms with Crippen molar-refractivity contribution in [2.24, 2.45) is 0 Å². The molecule has 128 valence electrons. The summed E-state index contributed by atoms with van der Waals surface area (Å²) in [5.41, 5.74) is 0.886. The molecule has 0 radical (unpaired) electrons. The fourth-order valence-corrected chi connectivity index (χ4v) is 4.11. The van der Waals surface area contributed by atoms with Crippen LogP contribution in [0.2, 0.25) is 5.02 Å². The molecule has 4 nitrogen and oxygen atoms in total. The molecule has 6 heteroatoms. The monoisotopic (exact) mass is 365 g/mol. The number of amides is 1. The molecule has 24 heavy (non-hydrogen) atoms. The number of ether oxygens (including phenoxy) is 2. The Morgan fingerprint density at radius 3 is 2.96 bits per heavy atom. The molecule has 1 aromatic heterocycles. The molecule has 1 fully saturated rings. The Morgan fingerprint density at radius 1 is 1.42 bits per heavy atom. The molecule has 1 aliphatic rings. The SMILES string of the molecule is COc1ccc(Cl)cc1CN(C)C(=O)c1ccc([C@H]2CCCO2)s1. The maximum Gasteiger partial charge on any atom is 0.263 e. The minimum Gasteiger partial charge on any atom is -0.496 e. The van der Waals surface area contributed by atoms with E-state index in [1.807, 2.05) is 24.3 Å². The van der Waals surface area contributed by atoms with Crippen LogP contribution in [0.25, 0.3) is 0 Å². The largest absolute Gasteiger partial charge is 0.496 e. The van der Waals surface area contributed by atoms with E-state index >= 15 is 0 Å². The second-order valence-corrected chi connectivity index (χ2v) is 7.37. The zero-order valence-corrected chi connectivity index (χ0v) is 15.3. The number of rotatable bonds is 5. The van der Waals surface area contributed by atoms with E-state index in [0.717, 1.165) is 40.5 Å². The summed E-state index contributed by atoms with van der Waals surface area (Å²) < 4.78 is 11.0. The van der Waals surface area contributed by atoms with Crippen LogP contribution in [0.3, 0.4) is 0 Å². The molecule has 1 amide bonds. The number of hydrogen-bond donors (Lipinski definition) is 0. The van der Waals surface area contributed by atoms with Crippen molar-refractivity contribution in [3.8, 4) is 5.75 Å². The van der Waals surface area contributed by atoms with Crippen LogP contribution in [0.15, 0.2) is 30.3 Å². The molecule has 1 atom stereocenters. The van der Waals surface area contributed by atoms with Crippen molar-refractivity contribution in [2.75, 3.05) is 20.8 Å². The predicted molar refractivity (Wildman–Crippen MR) is 96.0 cm³/mol.